The summed E-state index contributed by atoms with van der Waals surface area (Å²) in [5.74, 6) is 1.94. The van der Waals surface area contributed by atoms with Gasteiger partial charge in [-0.3, -0.25) is 9.59 Å². The lowest BCUT2D eigenvalue weighted by Crippen LogP contribution is -2.31. The van der Waals surface area contributed by atoms with Gasteiger partial charge in [0.15, 0.2) is 5.60 Å². The summed E-state index contributed by atoms with van der Waals surface area (Å²) >= 11 is 0. The number of rotatable bonds is 8. The van der Waals surface area contributed by atoms with Crippen molar-refractivity contribution in [3.63, 3.8) is 0 Å². The topological polar surface area (TPSA) is 71.1 Å². The molecule has 0 aromatic heterocycles. The quantitative estimate of drug-likeness (QED) is 0.171. The Morgan fingerprint density at radius 1 is 0.650 bits per heavy atom. The van der Waals surface area contributed by atoms with E-state index in [1.165, 1.54) is 13.8 Å². The predicted octanol–water partition coefficient (Wildman–Crippen LogP) is 7.65. The van der Waals surface area contributed by atoms with Gasteiger partial charge in [-0.15, -0.1) is 0 Å². The second-order valence-electron chi connectivity index (χ2n) is 9.32. The van der Waals surface area contributed by atoms with Crippen molar-refractivity contribution in [2.24, 2.45) is 0 Å². The lowest BCUT2D eigenvalue weighted by Gasteiger charge is -2.34. The molecule has 40 heavy (non-hydrogen) atoms. The van der Waals surface area contributed by atoms with E-state index in [2.05, 4.69) is 18.2 Å². The second-order valence-corrected chi connectivity index (χ2v) is 9.32. The number of benzene rings is 4. The monoisotopic (exact) mass is 532 g/mol. The van der Waals surface area contributed by atoms with Crippen molar-refractivity contribution in [2.75, 3.05) is 0 Å². The van der Waals surface area contributed by atoms with Crippen molar-refractivity contribution >= 4 is 17.5 Å². The zero-order valence-electron chi connectivity index (χ0n) is 22.2. The van der Waals surface area contributed by atoms with Crippen LogP contribution in [0, 0.1) is 0 Å². The Balaban J connectivity index is 1.34. The highest BCUT2D eigenvalue weighted by atomic mass is 16.5. The molecule has 4 aromatic rings. The molecule has 0 amide bonds. The van der Waals surface area contributed by atoms with Crippen LogP contribution in [0.4, 0.5) is 0 Å². The maximum Gasteiger partial charge on any atom is 0.308 e. The van der Waals surface area contributed by atoms with Gasteiger partial charge < -0.3 is 18.9 Å². The summed E-state index contributed by atoms with van der Waals surface area (Å²) in [7, 11) is 0. The van der Waals surface area contributed by atoms with Crippen LogP contribution in [-0.4, -0.2) is 11.9 Å². The fraction of sp³-hybridized carbons (Fsp3) is 0.118. The zero-order chi connectivity index (χ0) is 28.0. The molecule has 0 heterocycles. The normalized spacial score (nSPS) is 16.0. The first kappa shape index (κ1) is 26.5. The molecule has 0 N–H and O–H groups in total. The van der Waals surface area contributed by atoms with E-state index in [0.29, 0.717) is 35.2 Å². The first-order chi connectivity index (χ1) is 19.4. The van der Waals surface area contributed by atoms with Gasteiger partial charge in [-0.05, 0) is 59.2 Å². The Morgan fingerprint density at radius 3 is 1.85 bits per heavy atom. The van der Waals surface area contributed by atoms with Crippen LogP contribution in [0.2, 0.25) is 0 Å². The van der Waals surface area contributed by atoms with Gasteiger partial charge in [-0.25, -0.2) is 0 Å². The summed E-state index contributed by atoms with van der Waals surface area (Å²) in [5, 5.41) is 0. The average molecular weight is 533 g/mol. The van der Waals surface area contributed by atoms with E-state index in [0.717, 1.165) is 16.7 Å². The number of ether oxygens (including phenoxy) is 4. The molecular formula is C34H28O6. The summed E-state index contributed by atoms with van der Waals surface area (Å²) in [6.07, 6.45) is 6.88. The third kappa shape index (κ3) is 6.48. The molecule has 0 bridgehead atoms. The molecule has 1 unspecified atom stereocenters. The molecule has 0 radical (unpaired) electrons. The van der Waals surface area contributed by atoms with Gasteiger partial charge in [0.1, 0.15) is 28.7 Å². The van der Waals surface area contributed by atoms with Crippen molar-refractivity contribution in [3.8, 4) is 28.7 Å². The van der Waals surface area contributed by atoms with E-state index in [9.17, 15) is 9.59 Å². The number of carbonyl (C=O) groups is 2. The first-order valence-corrected chi connectivity index (χ1v) is 12.9. The molecule has 6 heteroatoms. The van der Waals surface area contributed by atoms with Gasteiger partial charge >= 0.3 is 11.9 Å². The first-order valence-electron chi connectivity index (χ1n) is 12.9. The Labute approximate surface area is 233 Å². The molecule has 0 fully saturated rings. The van der Waals surface area contributed by atoms with Gasteiger partial charge in [-0.1, -0.05) is 66.7 Å². The van der Waals surface area contributed by atoms with Crippen LogP contribution in [0.1, 0.15) is 31.4 Å². The Kier molecular flexibility index (Phi) is 7.78. The van der Waals surface area contributed by atoms with Crippen molar-refractivity contribution < 1.29 is 28.5 Å². The molecule has 0 saturated carbocycles. The highest BCUT2D eigenvalue weighted by molar-refractivity contribution is 5.76. The third-order valence-corrected chi connectivity index (χ3v) is 6.28. The number of hydrogen-bond donors (Lipinski definition) is 0. The minimum Gasteiger partial charge on any atom is -0.478 e. The number of hydrogen-bond acceptors (Lipinski definition) is 6. The lowest BCUT2D eigenvalue weighted by molar-refractivity contribution is -0.132. The Hall–Kier alpha value is -5.10. The van der Waals surface area contributed by atoms with Gasteiger partial charge in [0.2, 0.25) is 0 Å². The molecule has 0 aliphatic heterocycles. The summed E-state index contributed by atoms with van der Waals surface area (Å²) in [6, 6.07) is 31.9. The minimum atomic E-state index is -0.727. The van der Waals surface area contributed by atoms with Crippen LogP contribution < -0.4 is 18.9 Å². The van der Waals surface area contributed by atoms with E-state index < -0.39 is 5.60 Å². The predicted molar refractivity (Wildman–Crippen MR) is 152 cm³/mol. The Bertz CT molecular complexity index is 1570. The van der Waals surface area contributed by atoms with Crippen molar-refractivity contribution in [2.45, 2.75) is 25.9 Å². The maximum atomic E-state index is 11.4. The van der Waals surface area contributed by atoms with E-state index in [4.69, 9.17) is 18.9 Å². The number of carbonyl (C=O) groups excluding carboxylic acids is 2. The van der Waals surface area contributed by atoms with E-state index in [1.54, 1.807) is 42.5 Å². The van der Waals surface area contributed by atoms with E-state index >= 15 is 0 Å². The number of allylic oxidation sites excluding steroid dienone is 2. The summed E-state index contributed by atoms with van der Waals surface area (Å²) < 4.78 is 22.9. The van der Waals surface area contributed by atoms with Crippen molar-refractivity contribution in [3.05, 3.63) is 132 Å². The van der Waals surface area contributed by atoms with Gasteiger partial charge in [-0.2, -0.15) is 0 Å². The van der Waals surface area contributed by atoms with Crippen LogP contribution in [0.3, 0.4) is 0 Å². The zero-order valence-corrected chi connectivity index (χ0v) is 22.2. The maximum absolute atomic E-state index is 11.4. The highest BCUT2D eigenvalue weighted by Crippen LogP contribution is 2.39. The molecule has 6 nitrogen and oxygen atoms in total. The van der Waals surface area contributed by atoms with Crippen LogP contribution in [-0.2, 0) is 15.2 Å². The Morgan fingerprint density at radius 2 is 1.25 bits per heavy atom. The molecule has 5 rings (SSSR count). The average Bonchev–Trinajstić information content (AvgIpc) is 2.94. The standard InChI is InChI=1S/C34H28O6/c1-24(35)37-30-10-6-12-32(22-30)39-29-16-14-26(15-17-29)27-18-20-34(21-19-27,28-8-4-3-5-9-28)40-33-13-7-11-31(23-33)38-25(2)36/h3-20,22-23H,21H2,1-2H3. The van der Waals surface area contributed by atoms with Crippen molar-refractivity contribution in [1.82, 2.24) is 0 Å². The summed E-state index contributed by atoms with van der Waals surface area (Å²) in [5.41, 5.74) is 2.39. The van der Waals surface area contributed by atoms with E-state index in [-0.39, 0.29) is 11.9 Å². The molecule has 200 valence electrons. The van der Waals surface area contributed by atoms with Crippen LogP contribution in [0.5, 0.6) is 28.7 Å². The highest BCUT2D eigenvalue weighted by Gasteiger charge is 2.33. The molecule has 0 spiro atoms. The SMILES string of the molecule is CC(=O)Oc1cccc(Oc2ccc(C3=CCC(Oc4cccc(OC(C)=O)c4)(c4ccccc4)C=C3)cc2)c1. The van der Waals surface area contributed by atoms with Crippen LogP contribution in [0.15, 0.2) is 121 Å². The molecular weight excluding hydrogens is 504 g/mol. The summed E-state index contributed by atoms with van der Waals surface area (Å²) in [4.78, 5) is 22.7. The van der Waals surface area contributed by atoms with Gasteiger partial charge in [0.25, 0.3) is 0 Å². The fourth-order valence-corrected chi connectivity index (χ4v) is 4.50. The van der Waals surface area contributed by atoms with E-state index in [1.807, 2.05) is 60.7 Å². The molecule has 4 aromatic carbocycles. The van der Waals surface area contributed by atoms with Crippen molar-refractivity contribution in [1.29, 1.82) is 0 Å². The van der Waals surface area contributed by atoms with Crippen LogP contribution >= 0.6 is 0 Å². The largest absolute Gasteiger partial charge is 0.478 e. The molecule has 1 aliphatic rings. The minimum absolute atomic E-state index is 0.382. The van der Waals surface area contributed by atoms with Crippen LogP contribution in [0.25, 0.3) is 5.57 Å². The lowest BCUT2D eigenvalue weighted by atomic mass is 9.84. The van der Waals surface area contributed by atoms with Gasteiger partial charge in [0, 0.05) is 32.4 Å². The molecule has 1 atom stereocenters. The fourth-order valence-electron chi connectivity index (χ4n) is 4.50. The second kappa shape index (κ2) is 11.7. The van der Waals surface area contributed by atoms with Gasteiger partial charge in [0.05, 0.1) is 0 Å². The summed E-state index contributed by atoms with van der Waals surface area (Å²) in [6.45, 7) is 2.73. The third-order valence-electron chi connectivity index (χ3n) is 6.28. The number of esters is 2. The molecule has 0 saturated heterocycles. The molecule has 1 aliphatic carbocycles. The smallest absolute Gasteiger partial charge is 0.308 e.